The second-order valence-electron chi connectivity index (χ2n) is 10.8. The molecule has 3 rings (SSSR count). The summed E-state index contributed by atoms with van der Waals surface area (Å²) in [6, 6.07) is 2.78. The lowest BCUT2D eigenvalue weighted by Gasteiger charge is -2.42. The summed E-state index contributed by atoms with van der Waals surface area (Å²) in [6.45, 7) is 11.3. The van der Waals surface area contributed by atoms with E-state index in [0.29, 0.717) is 23.4 Å². The zero-order valence-corrected chi connectivity index (χ0v) is 21.9. The highest BCUT2D eigenvalue weighted by Gasteiger charge is 2.48. The maximum Gasteiger partial charge on any atom is 0.410 e. The number of nitrogens with one attached hydrogen (secondary N) is 1. The van der Waals surface area contributed by atoms with Crippen LogP contribution in [0, 0.1) is 5.92 Å². The molecule has 6 nitrogen and oxygen atoms in total. The van der Waals surface area contributed by atoms with Gasteiger partial charge < -0.3 is 19.3 Å². The molecular formula is C23H34Cl2N2O4S. The van der Waals surface area contributed by atoms with Crippen LogP contribution in [-0.2, 0) is 16.1 Å². The second-order valence-corrected chi connectivity index (χ2v) is 13.6. The molecule has 1 amide bonds. The lowest BCUT2D eigenvalue weighted by Crippen LogP contribution is -2.51. The van der Waals surface area contributed by atoms with Crippen LogP contribution in [0.2, 0.25) is 10.0 Å². The Morgan fingerprint density at radius 1 is 1.16 bits per heavy atom. The maximum atomic E-state index is 13.0. The topological polar surface area (TPSA) is 84.9 Å². The van der Waals surface area contributed by atoms with Crippen LogP contribution in [-0.4, -0.2) is 43.1 Å². The molecule has 32 heavy (non-hydrogen) atoms. The van der Waals surface area contributed by atoms with Crippen LogP contribution in [0.1, 0.15) is 78.8 Å². The average Bonchev–Trinajstić information content (AvgIpc) is 2.91. The molecule has 2 N–H and O–H groups in total. The number of phenolic OH excluding ortho intramolecular Hbond substituents is 1. The first-order valence-corrected chi connectivity index (χ1v) is 12.9. The quantitative estimate of drug-likeness (QED) is 0.493. The Kier molecular flexibility index (Phi) is 7.58. The summed E-state index contributed by atoms with van der Waals surface area (Å²) in [5, 5.41) is 11.3. The van der Waals surface area contributed by atoms with Gasteiger partial charge in [0.25, 0.3) is 0 Å². The van der Waals surface area contributed by atoms with Crippen molar-refractivity contribution in [1.82, 2.24) is 9.62 Å². The van der Waals surface area contributed by atoms with Crippen molar-refractivity contribution in [2.24, 2.45) is 5.92 Å². The van der Waals surface area contributed by atoms with E-state index in [9.17, 15) is 14.5 Å². The molecule has 9 heteroatoms. The van der Waals surface area contributed by atoms with Crippen molar-refractivity contribution in [3.8, 4) is 5.75 Å². The fourth-order valence-corrected chi connectivity index (χ4v) is 5.84. The van der Waals surface area contributed by atoms with Gasteiger partial charge in [0, 0.05) is 35.1 Å². The van der Waals surface area contributed by atoms with Gasteiger partial charge in [-0.1, -0.05) is 23.2 Å². The van der Waals surface area contributed by atoms with Crippen molar-refractivity contribution in [3.05, 3.63) is 27.7 Å². The molecular weight excluding hydrogens is 471 g/mol. The van der Waals surface area contributed by atoms with E-state index in [0.717, 1.165) is 12.8 Å². The van der Waals surface area contributed by atoms with Gasteiger partial charge in [-0.05, 0) is 79.2 Å². The highest BCUT2D eigenvalue weighted by Crippen LogP contribution is 2.46. The summed E-state index contributed by atoms with van der Waals surface area (Å²) in [5.41, 5.74) is 0.0273. The summed E-state index contributed by atoms with van der Waals surface area (Å²) in [5.74, 6) is 0.0744. The van der Waals surface area contributed by atoms with E-state index in [2.05, 4.69) is 4.72 Å². The largest absolute Gasteiger partial charge is 0.598 e. The maximum absolute atomic E-state index is 13.0. The molecule has 4 unspecified atom stereocenters. The van der Waals surface area contributed by atoms with Crippen LogP contribution in [0.5, 0.6) is 5.75 Å². The first-order chi connectivity index (χ1) is 14.7. The number of carbonyl (C=O) groups is 1. The van der Waals surface area contributed by atoms with Gasteiger partial charge in [0.05, 0.1) is 16.1 Å². The van der Waals surface area contributed by atoms with Crippen molar-refractivity contribution in [2.75, 3.05) is 0 Å². The lowest BCUT2D eigenvalue weighted by molar-refractivity contribution is -0.0000170. The first kappa shape index (κ1) is 25.8. The van der Waals surface area contributed by atoms with Gasteiger partial charge >= 0.3 is 6.09 Å². The van der Waals surface area contributed by atoms with Crippen LogP contribution in [0.3, 0.4) is 0 Å². The van der Waals surface area contributed by atoms with Crippen LogP contribution in [0.15, 0.2) is 12.1 Å². The van der Waals surface area contributed by atoms with E-state index in [1.165, 1.54) is 6.07 Å². The summed E-state index contributed by atoms with van der Waals surface area (Å²) in [4.78, 5) is 14.7. The van der Waals surface area contributed by atoms with Crippen molar-refractivity contribution >= 4 is 40.7 Å². The molecule has 1 aromatic rings. The molecule has 0 saturated carbocycles. The highest BCUT2D eigenvalue weighted by atomic mass is 35.5. The van der Waals surface area contributed by atoms with E-state index in [1.54, 1.807) is 6.07 Å². The number of hydrogen-bond donors (Lipinski definition) is 2. The number of carbonyl (C=O) groups excluding carboxylic acids is 1. The van der Waals surface area contributed by atoms with E-state index >= 15 is 0 Å². The molecule has 0 spiro atoms. The minimum atomic E-state index is -1.37. The predicted octanol–water partition coefficient (Wildman–Crippen LogP) is 5.97. The SMILES string of the molecule is CC(C)(C)OC(=O)N1C2CCC1CC(C(N[S+]([O-])C(C)(C)C)c1cc(Cl)c(Cl)cc1O)C2. The molecule has 2 bridgehead atoms. The molecule has 2 aliphatic rings. The van der Waals surface area contributed by atoms with E-state index in [1.807, 2.05) is 46.4 Å². The highest BCUT2D eigenvalue weighted by molar-refractivity contribution is 7.90. The molecule has 0 aliphatic carbocycles. The summed E-state index contributed by atoms with van der Waals surface area (Å²) in [6.07, 6.45) is 2.97. The van der Waals surface area contributed by atoms with Crippen LogP contribution >= 0.6 is 23.2 Å². The number of amides is 1. The van der Waals surface area contributed by atoms with Gasteiger partial charge in [-0.15, -0.1) is 4.72 Å². The monoisotopic (exact) mass is 504 g/mol. The molecule has 180 valence electrons. The number of rotatable bonds is 4. The zero-order chi connectivity index (χ0) is 24.0. The molecule has 2 aliphatic heterocycles. The van der Waals surface area contributed by atoms with Gasteiger partial charge in [0.15, 0.2) is 0 Å². The normalized spacial score (nSPS) is 25.5. The molecule has 0 radical (unpaired) electrons. The van der Waals surface area contributed by atoms with E-state index in [4.69, 9.17) is 27.9 Å². The smallest absolute Gasteiger partial charge is 0.410 e. The minimum Gasteiger partial charge on any atom is -0.598 e. The van der Waals surface area contributed by atoms with Crippen LogP contribution in [0.4, 0.5) is 4.79 Å². The standard InChI is InChI=1S/C23H34Cl2N2O4S/c1-22(2,3)31-21(29)27-14-7-8-15(27)10-13(9-14)20(26-32(30)23(4,5)6)16-11-17(24)18(25)12-19(16)28/h11-15,20,26,28H,7-10H2,1-6H3. The number of fused-ring (bicyclic) bond motifs is 2. The Morgan fingerprint density at radius 2 is 1.69 bits per heavy atom. The van der Waals surface area contributed by atoms with E-state index in [-0.39, 0.29) is 34.9 Å². The molecule has 1 aromatic carbocycles. The number of piperidine rings is 1. The zero-order valence-electron chi connectivity index (χ0n) is 19.6. The first-order valence-electron chi connectivity index (χ1n) is 11.0. The third-order valence-corrected chi connectivity index (χ3v) is 8.34. The molecule has 2 fully saturated rings. The average molecular weight is 506 g/mol. The van der Waals surface area contributed by atoms with E-state index < -0.39 is 27.8 Å². The second kappa shape index (κ2) is 9.41. The molecule has 2 heterocycles. The van der Waals surface area contributed by atoms with Gasteiger partial charge in [0.1, 0.15) is 16.1 Å². The predicted molar refractivity (Wildman–Crippen MR) is 130 cm³/mol. The van der Waals surface area contributed by atoms with Gasteiger partial charge in [-0.2, -0.15) is 0 Å². The summed E-state index contributed by atoms with van der Waals surface area (Å²) < 4.78 is 21.5. The number of aromatic hydroxyl groups is 1. The number of phenols is 1. The number of nitrogens with zero attached hydrogens (tertiary/aromatic N) is 1. The van der Waals surface area contributed by atoms with Gasteiger partial charge in [-0.3, -0.25) is 0 Å². The number of ether oxygens (including phenoxy) is 1. The van der Waals surface area contributed by atoms with Crippen molar-refractivity contribution in [3.63, 3.8) is 0 Å². The Morgan fingerprint density at radius 3 is 2.19 bits per heavy atom. The third kappa shape index (κ3) is 5.79. The van der Waals surface area contributed by atoms with Crippen LogP contribution in [0.25, 0.3) is 0 Å². The minimum absolute atomic E-state index is 0.0183. The Hall–Kier alpha value is -0.860. The Balaban J connectivity index is 1.89. The van der Waals surface area contributed by atoms with Crippen molar-refractivity contribution in [2.45, 2.75) is 95.7 Å². The Labute approximate surface area is 204 Å². The van der Waals surface area contributed by atoms with Crippen molar-refractivity contribution in [1.29, 1.82) is 0 Å². The third-order valence-electron chi connectivity index (χ3n) is 6.04. The van der Waals surface area contributed by atoms with Crippen LogP contribution < -0.4 is 4.72 Å². The fourth-order valence-electron chi connectivity index (χ4n) is 4.61. The number of benzene rings is 1. The summed E-state index contributed by atoms with van der Waals surface area (Å²) >= 11 is 11.0. The molecule has 2 saturated heterocycles. The molecule has 4 atom stereocenters. The summed E-state index contributed by atoms with van der Waals surface area (Å²) in [7, 11) is 0. The number of halogens is 2. The number of hydrogen-bond acceptors (Lipinski definition) is 5. The Bertz CT molecular complexity index is 842. The van der Waals surface area contributed by atoms with Gasteiger partial charge in [-0.25, -0.2) is 4.79 Å². The fraction of sp³-hybridized carbons (Fsp3) is 0.696. The molecule has 0 aromatic heterocycles. The lowest BCUT2D eigenvalue weighted by atomic mass is 9.82. The van der Waals surface area contributed by atoms with Gasteiger partial charge in [0.2, 0.25) is 0 Å². The van der Waals surface area contributed by atoms with Crippen molar-refractivity contribution < 1.29 is 19.2 Å².